The predicted octanol–water partition coefficient (Wildman–Crippen LogP) is 6.97. The summed E-state index contributed by atoms with van der Waals surface area (Å²) in [4.78, 5) is 13.1. The molecule has 1 rings (SSSR count). The Balaban J connectivity index is 2.56. The van der Waals surface area contributed by atoms with Crippen LogP contribution in [0, 0.1) is 0 Å². The van der Waals surface area contributed by atoms with Crippen LogP contribution in [0.25, 0.3) is 0 Å². The normalized spacial score (nSPS) is 22.0. The summed E-state index contributed by atoms with van der Waals surface area (Å²) in [6.45, 7) is 3.24. The van der Waals surface area contributed by atoms with Crippen LogP contribution in [0.15, 0.2) is 12.2 Å². The molecule has 8 unspecified atom stereocenters. The fraction of sp³-hybridized carbons (Fsp3) is 0.929. The monoisotopic (exact) mass is 824 g/mol. The van der Waals surface area contributed by atoms with Crippen molar-refractivity contribution in [2.24, 2.45) is 0 Å². The van der Waals surface area contributed by atoms with Crippen molar-refractivity contribution in [2.75, 3.05) is 13.2 Å². The Morgan fingerprint density at radius 2 is 1.14 bits per heavy atom. The summed E-state index contributed by atoms with van der Waals surface area (Å²) >= 11 is 0. The third kappa shape index (κ3) is 26.0. The zero-order chi connectivity index (χ0) is 41.4. The van der Waals surface area contributed by atoms with Gasteiger partial charge in [-0.3, -0.25) is 9.35 Å². The van der Waals surface area contributed by atoms with Crippen molar-refractivity contribution in [1.29, 1.82) is 0 Å². The molecule has 56 heavy (non-hydrogen) atoms. The summed E-state index contributed by atoms with van der Waals surface area (Å²) < 4.78 is 47.4. The van der Waals surface area contributed by atoms with Crippen molar-refractivity contribution in [2.45, 2.75) is 236 Å². The van der Waals surface area contributed by atoms with Crippen LogP contribution in [0.2, 0.25) is 0 Å². The number of hydrogen-bond donors (Lipinski definition) is 7. The van der Waals surface area contributed by atoms with Crippen molar-refractivity contribution < 1.29 is 57.0 Å². The van der Waals surface area contributed by atoms with E-state index in [0.29, 0.717) is 19.3 Å². The fourth-order valence-electron chi connectivity index (χ4n) is 7.11. The van der Waals surface area contributed by atoms with E-state index in [1.54, 1.807) is 0 Å². The van der Waals surface area contributed by atoms with Gasteiger partial charge in [-0.15, -0.1) is 0 Å². The Bertz CT molecular complexity index is 1080. The number of hydrogen-bond acceptors (Lipinski definition) is 11. The molecule has 0 saturated carbocycles. The van der Waals surface area contributed by atoms with Crippen molar-refractivity contribution >= 4 is 16.3 Å². The Kier molecular flexibility index (Phi) is 31.7. The lowest BCUT2D eigenvalue weighted by Crippen LogP contribution is -2.61. The molecule has 0 radical (unpaired) electrons. The molecule has 1 amide bonds. The van der Waals surface area contributed by atoms with Gasteiger partial charge in [0, 0.05) is 0 Å². The second-order valence-corrected chi connectivity index (χ2v) is 16.8. The molecule has 0 spiro atoms. The highest BCUT2D eigenvalue weighted by atomic mass is 32.3. The third-order valence-electron chi connectivity index (χ3n) is 10.7. The first-order chi connectivity index (χ1) is 26.9. The molecule has 1 heterocycles. The molecule has 0 aromatic heterocycles. The van der Waals surface area contributed by atoms with Crippen LogP contribution in [0.5, 0.6) is 0 Å². The van der Waals surface area contributed by atoms with Crippen LogP contribution in [0.3, 0.4) is 0 Å². The summed E-state index contributed by atoms with van der Waals surface area (Å²) in [5, 5.41) is 55.2. The molecule has 13 nitrogen and oxygen atoms in total. The van der Waals surface area contributed by atoms with Gasteiger partial charge >= 0.3 is 10.4 Å². The lowest BCUT2D eigenvalue weighted by molar-refractivity contribution is -0.298. The van der Waals surface area contributed by atoms with E-state index in [9.17, 15) is 38.7 Å². The van der Waals surface area contributed by atoms with Crippen LogP contribution in [-0.2, 0) is 28.9 Å². The maximum Gasteiger partial charge on any atom is 0.397 e. The maximum atomic E-state index is 13.1. The quantitative estimate of drug-likeness (QED) is 0.0192. The van der Waals surface area contributed by atoms with Crippen molar-refractivity contribution in [3.05, 3.63) is 12.2 Å². The van der Waals surface area contributed by atoms with E-state index in [4.69, 9.17) is 14.0 Å². The van der Waals surface area contributed by atoms with Gasteiger partial charge in [-0.1, -0.05) is 161 Å². The van der Waals surface area contributed by atoms with Crippen molar-refractivity contribution in [3.8, 4) is 0 Å². The number of nitrogens with one attached hydrogen (secondary N) is 1. The van der Waals surface area contributed by atoms with Gasteiger partial charge in [-0.05, 0) is 38.5 Å². The summed E-state index contributed by atoms with van der Waals surface area (Å²) in [5.74, 6) is -0.679. The minimum absolute atomic E-state index is 0.248. The zero-order valence-electron chi connectivity index (χ0n) is 34.8. The molecule has 1 aliphatic heterocycles. The standard InChI is InChI=1S/C42H81NO12S/c1-3-5-7-9-11-13-15-16-17-18-19-20-21-23-25-27-29-31-36(46)41(49)43-34(35(45)30-28-26-24-22-14-12-10-8-6-4-2)33-53-42-39(48)40(55-56(50,51)52)38(47)37(32-44)54-42/h19-20,34-40,42,44-48H,3-18,21-33H2,1-2H3,(H,43,49)(H,50,51,52)/b20-19-. The molecule has 332 valence electrons. The lowest BCUT2D eigenvalue weighted by atomic mass is 9.99. The van der Waals surface area contributed by atoms with Gasteiger partial charge in [-0.2, -0.15) is 8.42 Å². The molecule has 14 heteroatoms. The minimum atomic E-state index is -5.10. The van der Waals surface area contributed by atoms with Crippen molar-refractivity contribution in [3.63, 3.8) is 0 Å². The first-order valence-electron chi connectivity index (χ1n) is 22.2. The molecule has 0 aromatic carbocycles. The summed E-state index contributed by atoms with van der Waals surface area (Å²) in [5.41, 5.74) is 0. The molecule has 1 aliphatic rings. The Morgan fingerprint density at radius 3 is 1.61 bits per heavy atom. The highest BCUT2D eigenvalue weighted by Gasteiger charge is 2.48. The summed E-state index contributed by atoms with van der Waals surface area (Å²) in [7, 11) is -5.10. The highest BCUT2D eigenvalue weighted by Crippen LogP contribution is 2.26. The average Bonchev–Trinajstić information content (AvgIpc) is 3.16. The van der Waals surface area contributed by atoms with Crippen LogP contribution in [0.1, 0.15) is 187 Å². The van der Waals surface area contributed by atoms with Crippen LogP contribution >= 0.6 is 0 Å². The third-order valence-corrected chi connectivity index (χ3v) is 11.1. The molecule has 0 aromatic rings. The number of ether oxygens (including phenoxy) is 2. The second-order valence-electron chi connectivity index (χ2n) is 15.8. The summed E-state index contributed by atoms with van der Waals surface area (Å²) in [6.07, 6.45) is 22.7. The van der Waals surface area contributed by atoms with Gasteiger partial charge in [0.2, 0.25) is 5.91 Å². The fourth-order valence-corrected chi connectivity index (χ4v) is 7.61. The molecular formula is C42H81NO12S. The molecular weight excluding hydrogens is 743 g/mol. The van der Waals surface area contributed by atoms with E-state index < -0.39 is 78.5 Å². The number of aliphatic hydroxyl groups is 5. The number of carbonyl (C=O) groups is 1. The minimum Gasteiger partial charge on any atom is -0.394 e. The van der Waals surface area contributed by atoms with Crippen LogP contribution < -0.4 is 5.32 Å². The number of allylic oxidation sites excluding steroid dienone is 2. The lowest BCUT2D eigenvalue weighted by Gasteiger charge is -2.41. The largest absolute Gasteiger partial charge is 0.397 e. The van der Waals surface area contributed by atoms with Crippen LogP contribution in [-0.4, -0.2) is 107 Å². The van der Waals surface area contributed by atoms with E-state index in [-0.39, 0.29) is 6.42 Å². The Morgan fingerprint density at radius 1 is 0.696 bits per heavy atom. The van der Waals surface area contributed by atoms with Gasteiger partial charge in [-0.25, -0.2) is 4.18 Å². The topological polar surface area (TPSA) is 212 Å². The zero-order valence-corrected chi connectivity index (χ0v) is 35.6. The van der Waals surface area contributed by atoms with E-state index in [0.717, 1.165) is 51.4 Å². The van der Waals surface area contributed by atoms with Gasteiger partial charge in [0.1, 0.15) is 30.5 Å². The number of rotatable bonds is 37. The molecule has 1 fully saturated rings. The smallest absolute Gasteiger partial charge is 0.394 e. The van der Waals surface area contributed by atoms with Crippen LogP contribution in [0.4, 0.5) is 0 Å². The van der Waals surface area contributed by atoms with Gasteiger partial charge in [0.15, 0.2) is 6.29 Å². The Labute approximate surface area is 339 Å². The van der Waals surface area contributed by atoms with E-state index >= 15 is 0 Å². The molecule has 7 N–H and O–H groups in total. The SMILES string of the molecule is CCCCCCCCCCC/C=C\CCCCCCC(O)C(=O)NC(COC1OC(CO)C(O)C(OS(=O)(=O)O)C1O)C(O)CCCCCCCCCCCC. The van der Waals surface area contributed by atoms with Crippen molar-refractivity contribution in [1.82, 2.24) is 5.32 Å². The Hall–Kier alpha value is -1.20. The van der Waals surface area contributed by atoms with E-state index in [1.807, 2.05) is 0 Å². The maximum absolute atomic E-state index is 13.1. The van der Waals surface area contributed by atoms with E-state index in [2.05, 4.69) is 35.5 Å². The molecule has 1 saturated heterocycles. The van der Waals surface area contributed by atoms with Gasteiger partial charge in [0.25, 0.3) is 0 Å². The number of aliphatic hydroxyl groups excluding tert-OH is 5. The number of carbonyl (C=O) groups excluding carboxylic acids is 1. The molecule has 0 aliphatic carbocycles. The molecule has 8 atom stereocenters. The number of unbranched alkanes of at least 4 members (excludes halogenated alkanes) is 22. The van der Waals surface area contributed by atoms with E-state index in [1.165, 1.54) is 96.3 Å². The highest BCUT2D eigenvalue weighted by molar-refractivity contribution is 7.80. The first-order valence-corrected chi connectivity index (χ1v) is 23.5. The summed E-state index contributed by atoms with van der Waals surface area (Å²) in [6, 6.07) is -1.03. The first kappa shape index (κ1) is 52.8. The average molecular weight is 824 g/mol. The van der Waals surface area contributed by atoms with Gasteiger partial charge < -0.3 is 40.3 Å². The molecule has 0 bridgehead atoms. The number of amides is 1. The van der Waals surface area contributed by atoms with Gasteiger partial charge in [0.05, 0.1) is 25.4 Å². The second kappa shape index (κ2) is 33.6. The predicted molar refractivity (Wildman–Crippen MR) is 219 cm³/mol.